The Labute approximate surface area is 168 Å². The van der Waals surface area contributed by atoms with Crippen LogP contribution in [0.15, 0.2) is 54.9 Å². The van der Waals surface area contributed by atoms with Crippen LogP contribution in [0.5, 0.6) is 0 Å². The molecule has 0 saturated heterocycles. The summed E-state index contributed by atoms with van der Waals surface area (Å²) in [6, 6.07) is 11.5. The van der Waals surface area contributed by atoms with Crippen LogP contribution in [0.3, 0.4) is 0 Å². The molecule has 0 atom stereocenters. The predicted molar refractivity (Wildman–Crippen MR) is 106 cm³/mol. The van der Waals surface area contributed by atoms with Crippen LogP contribution in [0.25, 0.3) is 0 Å². The summed E-state index contributed by atoms with van der Waals surface area (Å²) in [4.78, 5) is 19.3. The van der Waals surface area contributed by atoms with Crippen LogP contribution in [0.4, 0.5) is 8.78 Å². The van der Waals surface area contributed by atoms with E-state index in [0.29, 0.717) is 36.7 Å². The third-order valence-corrected chi connectivity index (χ3v) is 5.23. The minimum atomic E-state index is -0.867. The summed E-state index contributed by atoms with van der Waals surface area (Å²) in [5.41, 5.74) is 2.41. The first kappa shape index (κ1) is 19.3. The summed E-state index contributed by atoms with van der Waals surface area (Å²) in [5.74, 6) is -0.484. The van der Waals surface area contributed by atoms with Gasteiger partial charge in [0.25, 0.3) is 5.91 Å². The number of carbonyl (C=O) groups excluding carboxylic acids is 1. The molecule has 1 aliphatic rings. The fourth-order valence-electron chi connectivity index (χ4n) is 3.35. The van der Waals surface area contributed by atoms with E-state index in [1.807, 2.05) is 40.7 Å². The summed E-state index contributed by atoms with van der Waals surface area (Å²) in [5, 5.41) is 0. The maximum Gasteiger partial charge on any atom is 0.254 e. The van der Waals surface area contributed by atoms with E-state index in [2.05, 4.69) is 4.98 Å². The molecule has 2 aromatic carbocycles. The molecule has 1 fully saturated rings. The second kappa shape index (κ2) is 8.15. The van der Waals surface area contributed by atoms with Crippen molar-refractivity contribution in [1.82, 2.24) is 14.5 Å². The monoisotopic (exact) mass is 395 g/mol. The van der Waals surface area contributed by atoms with Gasteiger partial charge < -0.3 is 9.47 Å². The highest BCUT2D eigenvalue weighted by atomic mass is 19.2. The third-order valence-electron chi connectivity index (χ3n) is 5.23. The number of rotatable bonds is 7. The molecular formula is C23H23F2N3O. The van der Waals surface area contributed by atoms with Gasteiger partial charge in [-0.2, -0.15) is 0 Å². The van der Waals surface area contributed by atoms with Gasteiger partial charge in [-0.05, 0) is 55.5 Å². The van der Waals surface area contributed by atoms with Crippen molar-refractivity contribution in [2.75, 3.05) is 6.54 Å². The SMILES string of the molecule is Cc1ccc(C(=O)N(Cc2nccn2Cc2ccc(F)c(F)c2)CC2CC2)cc1. The van der Waals surface area contributed by atoms with Crippen molar-refractivity contribution in [3.8, 4) is 0 Å². The largest absolute Gasteiger partial charge is 0.331 e. The van der Waals surface area contributed by atoms with Crippen molar-refractivity contribution in [1.29, 1.82) is 0 Å². The van der Waals surface area contributed by atoms with E-state index in [4.69, 9.17) is 0 Å². The first-order valence-corrected chi connectivity index (χ1v) is 9.79. The highest BCUT2D eigenvalue weighted by molar-refractivity contribution is 5.94. The van der Waals surface area contributed by atoms with Crippen molar-refractivity contribution in [3.05, 3.63) is 89.0 Å². The molecule has 1 amide bonds. The van der Waals surface area contributed by atoms with Crippen molar-refractivity contribution >= 4 is 5.91 Å². The van der Waals surface area contributed by atoms with E-state index < -0.39 is 11.6 Å². The minimum absolute atomic E-state index is 0.0146. The normalized spacial score (nSPS) is 13.5. The van der Waals surface area contributed by atoms with Crippen LogP contribution in [0.1, 0.15) is 40.2 Å². The van der Waals surface area contributed by atoms with Crippen LogP contribution in [0, 0.1) is 24.5 Å². The highest BCUT2D eigenvalue weighted by Gasteiger charge is 2.28. The molecule has 0 N–H and O–H groups in total. The predicted octanol–water partition coefficient (Wildman–Crippen LogP) is 4.57. The minimum Gasteiger partial charge on any atom is -0.331 e. The fraction of sp³-hybridized carbons (Fsp3) is 0.304. The molecule has 1 aromatic heterocycles. The van der Waals surface area contributed by atoms with Crippen LogP contribution < -0.4 is 0 Å². The number of carbonyl (C=O) groups is 1. The van der Waals surface area contributed by atoms with Gasteiger partial charge in [-0.1, -0.05) is 23.8 Å². The first-order valence-electron chi connectivity index (χ1n) is 9.79. The molecule has 150 valence electrons. The van der Waals surface area contributed by atoms with Crippen LogP contribution in [0.2, 0.25) is 0 Å². The number of aryl methyl sites for hydroxylation is 1. The molecule has 0 unspecified atom stereocenters. The Balaban J connectivity index is 1.53. The molecule has 4 rings (SSSR count). The lowest BCUT2D eigenvalue weighted by atomic mass is 10.1. The Kier molecular flexibility index (Phi) is 5.43. The van der Waals surface area contributed by atoms with Crippen molar-refractivity contribution in [2.45, 2.75) is 32.9 Å². The Morgan fingerprint density at radius 2 is 1.90 bits per heavy atom. The lowest BCUT2D eigenvalue weighted by molar-refractivity contribution is 0.0729. The zero-order chi connectivity index (χ0) is 20.4. The summed E-state index contributed by atoms with van der Waals surface area (Å²) in [7, 11) is 0. The van der Waals surface area contributed by atoms with E-state index in [0.717, 1.165) is 30.3 Å². The van der Waals surface area contributed by atoms with Gasteiger partial charge in [-0.25, -0.2) is 13.8 Å². The molecule has 0 bridgehead atoms. The third kappa shape index (κ3) is 4.70. The Bertz CT molecular complexity index is 1010. The van der Waals surface area contributed by atoms with Crippen molar-refractivity contribution in [2.24, 2.45) is 5.92 Å². The van der Waals surface area contributed by atoms with E-state index in [1.54, 1.807) is 18.5 Å². The van der Waals surface area contributed by atoms with Gasteiger partial charge in [0, 0.05) is 31.0 Å². The molecular weight excluding hydrogens is 372 g/mol. The Hall–Kier alpha value is -3.02. The average molecular weight is 395 g/mol. The number of aromatic nitrogens is 2. The number of hydrogen-bond acceptors (Lipinski definition) is 2. The van der Waals surface area contributed by atoms with E-state index in [1.165, 1.54) is 6.07 Å². The zero-order valence-electron chi connectivity index (χ0n) is 16.3. The molecule has 0 radical (unpaired) electrons. The average Bonchev–Trinajstić information content (AvgIpc) is 3.43. The van der Waals surface area contributed by atoms with E-state index in [-0.39, 0.29) is 5.91 Å². The molecule has 1 aliphatic carbocycles. The molecule has 3 aromatic rings. The van der Waals surface area contributed by atoms with Crippen LogP contribution in [-0.4, -0.2) is 26.9 Å². The Morgan fingerprint density at radius 3 is 2.59 bits per heavy atom. The maximum atomic E-state index is 13.5. The van der Waals surface area contributed by atoms with Gasteiger partial charge in [0.1, 0.15) is 5.82 Å². The van der Waals surface area contributed by atoms with Crippen LogP contribution in [-0.2, 0) is 13.1 Å². The quantitative estimate of drug-likeness (QED) is 0.588. The molecule has 6 heteroatoms. The second-order valence-corrected chi connectivity index (χ2v) is 7.71. The molecule has 1 saturated carbocycles. The molecule has 4 nitrogen and oxygen atoms in total. The van der Waals surface area contributed by atoms with Crippen LogP contribution >= 0.6 is 0 Å². The molecule has 0 aliphatic heterocycles. The van der Waals surface area contributed by atoms with Gasteiger partial charge in [-0.15, -0.1) is 0 Å². The summed E-state index contributed by atoms with van der Waals surface area (Å²) in [6.07, 6.45) is 5.74. The van der Waals surface area contributed by atoms with Crippen molar-refractivity contribution in [3.63, 3.8) is 0 Å². The lowest BCUT2D eigenvalue weighted by Gasteiger charge is -2.23. The van der Waals surface area contributed by atoms with Crippen molar-refractivity contribution < 1.29 is 13.6 Å². The molecule has 1 heterocycles. The smallest absolute Gasteiger partial charge is 0.254 e. The van der Waals surface area contributed by atoms with Gasteiger partial charge in [0.15, 0.2) is 11.6 Å². The standard InChI is InChI=1S/C23H23F2N3O/c1-16-2-7-19(8-3-16)23(29)28(13-17-4-5-17)15-22-26-10-11-27(22)14-18-6-9-20(24)21(25)12-18/h2-3,6-12,17H,4-5,13-15H2,1H3. The maximum absolute atomic E-state index is 13.5. The number of imidazole rings is 1. The zero-order valence-corrected chi connectivity index (χ0v) is 16.3. The highest BCUT2D eigenvalue weighted by Crippen LogP contribution is 2.30. The summed E-state index contributed by atoms with van der Waals surface area (Å²) in [6.45, 7) is 3.43. The summed E-state index contributed by atoms with van der Waals surface area (Å²) < 4.78 is 28.6. The van der Waals surface area contributed by atoms with E-state index in [9.17, 15) is 13.6 Å². The number of hydrogen-bond donors (Lipinski definition) is 0. The topological polar surface area (TPSA) is 38.1 Å². The molecule has 0 spiro atoms. The number of nitrogens with zero attached hydrogens (tertiary/aromatic N) is 3. The van der Waals surface area contributed by atoms with Gasteiger partial charge in [0.05, 0.1) is 6.54 Å². The van der Waals surface area contributed by atoms with Gasteiger partial charge in [-0.3, -0.25) is 4.79 Å². The van der Waals surface area contributed by atoms with E-state index >= 15 is 0 Å². The number of halogens is 2. The Morgan fingerprint density at radius 1 is 1.14 bits per heavy atom. The molecule has 29 heavy (non-hydrogen) atoms. The first-order chi connectivity index (χ1) is 14.0. The second-order valence-electron chi connectivity index (χ2n) is 7.71. The number of benzene rings is 2. The summed E-state index contributed by atoms with van der Waals surface area (Å²) >= 11 is 0. The number of amides is 1. The lowest BCUT2D eigenvalue weighted by Crippen LogP contribution is -2.33. The van der Waals surface area contributed by atoms with Gasteiger partial charge >= 0.3 is 0 Å². The van der Waals surface area contributed by atoms with Gasteiger partial charge in [0.2, 0.25) is 0 Å². The fourth-order valence-corrected chi connectivity index (χ4v) is 3.35.